The molecule has 0 unspecified atom stereocenters. The minimum Gasteiger partial charge on any atom is -0.293 e. The van der Waals surface area contributed by atoms with Crippen molar-refractivity contribution >= 4 is 28.9 Å². The molecular weight excluding hydrogens is 260 g/mol. The molecule has 0 amide bonds. The van der Waals surface area contributed by atoms with E-state index in [0.29, 0.717) is 5.78 Å². The predicted molar refractivity (Wildman–Crippen MR) is 81.9 cm³/mol. The monoisotopic (exact) mass is 282 g/mol. The molecule has 0 saturated carbocycles. The van der Waals surface area contributed by atoms with Crippen LogP contribution in [0.3, 0.4) is 0 Å². The second-order valence-electron chi connectivity index (χ2n) is 4.95. The number of carbonyl (C=O) groups is 1. The van der Waals surface area contributed by atoms with Crippen LogP contribution >= 0.6 is 23.1 Å². The van der Waals surface area contributed by atoms with Crippen molar-refractivity contribution in [3.63, 3.8) is 0 Å². The molecule has 18 heavy (non-hydrogen) atoms. The maximum absolute atomic E-state index is 12.1. The first-order valence-electron chi connectivity index (χ1n) is 7.03. The molecule has 3 heteroatoms. The Labute approximate surface area is 118 Å². The number of ketones is 1. The minimum absolute atomic E-state index is 0.371. The van der Waals surface area contributed by atoms with Gasteiger partial charge in [0.1, 0.15) is 0 Å². The van der Waals surface area contributed by atoms with Gasteiger partial charge in [0, 0.05) is 17.1 Å². The predicted octanol–water partition coefficient (Wildman–Crippen LogP) is 5.08. The zero-order valence-electron chi connectivity index (χ0n) is 11.2. The van der Waals surface area contributed by atoms with E-state index in [4.69, 9.17) is 0 Å². The van der Waals surface area contributed by atoms with Crippen LogP contribution in [-0.4, -0.2) is 11.5 Å². The highest BCUT2D eigenvalue weighted by Crippen LogP contribution is 2.32. The Morgan fingerprint density at radius 1 is 1.28 bits per heavy atom. The Hall–Kier alpha value is -0.280. The highest BCUT2D eigenvalue weighted by molar-refractivity contribution is 7.98. The van der Waals surface area contributed by atoms with Gasteiger partial charge in [-0.2, -0.15) is 11.8 Å². The number of fused-ring (bicyclic) bond motifs is 1. The number of hydrogen-bond donors (Lipinski definition) is 0. The van der Waals surface area contributed by atoms with Gasteiger partial charge in [-0.25, -0.2) is 0 Å². The standard InChI is InChI=1S/C15H22OS2/c1-2-3-4-5-6-7-13(16)15-10-12-11-17-9-8-14(12)18-15/h10H,2-9,11H2,1H3. The maximum Gasteiger partial charge on any atom is 0.172 e. The largest absolute Gasteiger partial charge is 0.293 e. The van der Waals surface area contributed by atoms with E-state index in [-0.39, 0.29) is 0 Å². The lowest BCUT2D eigenvalue weighted by Crippen LogP contribution is -1.96. The molecule has 0 aromatic carbocycles. The number of unbranched alkanes of at least 4 members (excludes halogenated alkanes) is 4. The van der Waals surface area contributed by atoms with Crippen molar-refractivity contribution in [1.29, 1.82) is 0 Å². The van der Waals surface area contributed by atoms with Crippen LogP contribution in [0.5, 0.6) is 0 Å². The molecule has 0 N–H and O–H groups in total. The summed E-state index contributed by atoms with van der Waals surface area (Å²) in [5.74, 6) is 2.70. The van der Waals surface area contributed by atoms with E-state index in [1.165, 1.54) is 41.9 Å². The second kappa shape index (κ2) is 7.34. The molecule has 0 radical (unpaired) electrons. The highest BCUT2D eigenvalue weighted by Gasteiger charge is 2.16. The molecule has 2 heterocycles. The van der Waals surface area contributed by atoms with Crippen LogP contribution in [0.1, 0.15) is 65.6 Å². The summed E-state index contributed by atoms with van der Waals surface area (Å²) in [5, 5.41) is 0. The summed E-state index contributed by atoms with van der Waals surface area (Å²) < 4.78 is 0. The normalized spacial score (nSPS) is 14.5. The fourth-order valence-electron chi connectivity index (χ4n) is 2.30. The third-order valence-corrected chi connectivity index (χ3v) is 5.70. The quantitative estimate of drug-likeness (QED) is 0.512. The zero-order chi connectivity index (χ0) is 12.8. The molecule has 1 aliphatic rings. The van der Waals surface area contributed by atoms with Gasteiger partial charge in [0.05, 0.1) is 4.88 Å². The van der Waals surface area contributed by atoms with E-state index in [1.807, 2.05) is 11.8 Å². The minimum atomic E-state index is 0.371. The Morgan fingerprint density at radius 3 is 2.89 bits per heavy atom. The molecule has 1 aromatic heterocycles. The van der Waals surface area contributed by atoms with Crippen molar-refractivity contribution in [3.05, 3.63) is 21.4 Å². The SMILES string of the molecule is CCCCCCCC(=O)c1cc2c(s1)CCSC2. The molecule has 0 bridgehead atoms. The summed E-state index contributed by atoms with van der Waals surface area (Å²) in [6.45, 7) is 2.22. The lowest BCUT2D eigenvalue weighted by atomic mass is 10.1. The summed E-state index contributed by atoms with van der Waals surface area (Å²) in [4.78, 5) is 14.6. The molecule has 100 valence electrons. The van der Waals surface area contributed by atoms with Gasteiger partial charge in [-0.3, -0.25) is 4.79 Å². The lowest BCUT2D eigenvalue weighted by molar-refractivity contribution is 0.0983. The third-order valence-electron chi connectivity index (χ3n) is 3.41. The highest BCUT2D eigenvalue weighted by atomic mass is 32.2. The van der Waals surface area contributed by atoms with Gasteiger partial charge in [0.15, 0.2) is 5.78 Å². The third kappa shape index (κ3) is 3.86. The van der Waals surface area contributed by atoms with Gasteiger partial charge in [-0.05, 0) is 30.2 Å². The van der Waals surface area contributed by atoms with Gasteiger partial charge in [-0.15, -0.1) is 11.3 Å². The number of aryl methyl sites for hydroxylation is 1. The van der Waals surface area contributed by atoms with Gasteiger partial charge < -0.3 is 0 Å². The van der Waals surface area contributed by atoms with Crippen LogP contribution < -0.4 is 0 Å². The number of hydrogen-bond acceptors (Lipinski definition) is 3. The number of thiophene rings is 1. The molecule has 1 nitrogen and oxygen atoms in total. The number of rotatable bonds is 7. The van der Waals surface area contributed by atoms with E-state index in [1.54, 1.807) is 11.3 Å². The van der Waals surface area contributed by atoms with E-state index in [2.05, 4.69) is 13.0 Å². The van der Waals surface area contributed by atoms with E-state index in [0.717, 1.165) is 29.9 Å². The topological polar surface area (TPSA) is 17.1 Å². The molecule has 0 aliphatic carbocycles. The summed E-state index contributed by atoms with van der Waals surface area (Å²) in [7, 11) is 0. The molecule has 1 aromatic rings. The van der Waals surface area contributed by atoms with Crippen molar-refractivity contribution in [2.75, 3.05) is 5.75 Å². The Bertz CT molecular complexity index is 372. The first-order valence-corrected chi connectivity index (χ1v) is 9.01. The molecular formula is C15H22OS2. The van der Waals surface area contributed by atoms with Crippen LogP contribution in [0, 0.1) is 0 Å². The lowest BCUT2D eigenvalue weighted by Gasteiger charge is -2.08. The zero-order valence-corrected chi connectivity index (χ0v) is 12.8. The first kappa shape index (κ1) is 14.1. The summed E-state index contributed by atoms with van der Waals surface area (Å²) in [6.07, 6.45) is 8.03. The Morgan fingerprint density at radius 2 is 2.11 bits per heavy atom. The van der Waals surface area contributed by atoms with Crippen molar-refractivity contribution in [3.8, 4) is 0 Å². The van der Waals surface area contributed by atoms with Gasteiger partial charge in [-0.1, -0.05) is 32.6 Å². The summed E-state index contributed by atoms with van der Waals surface area (Å²) in [5.41, 5.74) is 1.42. The molecule has 0 spiro atoms. The van der Waals surface area contributed by atoms with Crippen molar-refractivity contribution in [1.82, 2.24) is 0 Å². The van der Waals surface area contributed by atoms with Gasteiger partial charge in [0.25, 0.3) is 0 Å². The smallest absolute Gasteiger partial charge is 0.172 e. The fraction of sp³-hybridized carbons (Fsp3) is 0.667. The van der Waals surface area contributed by atoms with Crippen LogP contribution in [0.25, 0.3) is 0 Å². The van der Waals surface area contributed by atoms with Crippen LogP contribution in [0.15, 0.2) is 6.07 Å². The second-order valence-corrected chi connectivity index (χ2v) is 7.19. The Kier molecular flexibility index (Phi) is 5.77. The fourth-order valence-corrected chi connectivity index (χ4v) is 4.64. The molecule has 0 fully saturated rings. The van der Waals surface area contributed by atoms with Crippen LogP contribution in [-0.2, 0) is 12.2 Å². The number of thioether (sulfide) groups is 1. The summed E-state index contributed by atoms with van der Waals surface area (Å²) in [6, 6.07) is 2.15. The van der Waals surface area contributed by atoms with Crippen molar-refractivity contribution in [2.45, 2.75) is 57.6 Å². The van der Waals surface area contributed by atoms with E-state index in [9.17, 15) is 4.79 Å². The van der Waals surface area contributed by atoms with Crippen molar-refractivity contribution < 1.29 is 4.79 Å². The van der Waals surface area contributed by atoms with Crippen molar-refractivity contribution in [2.24, 2.45) is 0 Å². The van der Waals surface area contributed by atoms with Crippen LogP contribution in [0.2, 0.25) is 0 Å². The van der Waals surface area contributed by atoms with Gasteiger partial charge in [0.2, 0.25) is 0 Å². The molecule has 0 saturated heterocycles. The molecule has 1 aliphatic heterocycles. The maximum atomic E-state index is 12.1. The van der Waals surface area contributed by atoms with E-state index < -0.39 is 0 Å². The average Bonchev–Trinajstić information content (AvgIpc) is 2.82. The summed E-state index contributed by atoms with van der Waals surface area (Å²) >= 11 is 3.73. The molecule has 0 atom stereocenters. The first-order chi connectivity index (χ1) is 8.81. The van der Waals surface area contributed by atoms with Gasteiger partial charge >= 0.3 is 0 Å². The average molecular weight is 282 g/mol. The van der Waals surface area contributed by atoms with E-state index >= 15 is 0 Å². The number of carbonyl (C=O) groups excluding carboxylic acids is 1. The van der Waals surface area contributed by atoms with Crippen LogP contribution in [0.4, 0.5) is 0 Å². The Balaban J connectivity index is 1.80. The number of Topliss-reactive ketones (excluding diaryl/α,β-unsaturated/α-hetero) is 1. The molecule has 2 rings (SSSR count).